The highest BCUT2D eigenvalue weighted by Gasteiger charge is 2.27. The molecule has 0 saturated carbocycles. The van der Waals surface area contributed by atoms with Gasteiger partial charge in [0.15, 0.2) is 0 Å². The quantitative estimate of drug-likeness (QED) is 0.248. The molecule has 0 aromatic rings. The molecular weight excluding hydrogens is 212 g/mol. The zero-order chi connectivity index (χ0) is 11.8. The molecule has 1 amide bonds. The summed E-state index contributed by atoms with van der Waals surface area (Å²) in [5.41, 5.74) is 0. The SMILES string of the molecule is C=CCS/C(=N\O)C(C(=O)NC)C(C)C. The first kappa shape index (κ1) is 14.0. The minimum atomic E-state index is -0.398. The van der Waals surface area contributed by atoms with E-state index in [1.807, 2.05) is 13.8 Å². The normalized spacial score (nSPS) is 13.7. The summed E-state index contributed by atoms with van der Waals surface area (Å²) in [6.07, 6.45) is 1.71. The van der Waals surface area contributed by atoms with E-state index in [-0.39, 0.29) is 11.8 Å². The van der Waals surface area contributed by atoms with E-state index in [0.29, 0.717) is 10.8 Å². The summed E-state index contributed by atoms with van der Waals surface area (Å²) in [6.45, 7) is 7.41. The van der Waals surface area contributed by atoms with Crippen molar-refractivity contribution in [1.29, 1.82) is 0 Å². The van der Waals surface area contributed by atoms with Crippen LogP contribution in [0.25, 0.3) is 0 Å². The number of rotatable bonds is 5. The van der Waals surface area contributed by atoms with Crippen LogP contribution in [-0.2, 0) is 4.79 Å². The maximum absolute atomic E-state index is 11.6. The smallest absolute Gasteiger partial charge is 0.229 e. The van der Waals surface area contributed by atoms with E-state index in [2.05, 4.69) is 17.1 Å². The van der Waals surface area contributed by atoms with Crippen LogP contribution >= 0.6 is 11.8 Å². The zero-order valence-electron chi connectivity index (χ0n) is 9.36. The standard InChI is InChI=1S/C10H18N2O2S/c1-5-6-15-10(12-14)8(7(2)3)9(13)11-4/h5,7-8,14H,1,6H2,2-4H3,(H,11,13)/b12-10-. The summed E-state index contributed by atoms with van der Waals surface area (Å²) >= 11 is 1.32. The largest absolute Gasteiger partial charge is 0.410 e. The van der Waals surface area contributed by atoms with Gasteiger partial charge in [-0.2, -0.15) is 0 Å². The first-order valence-corrected chi connectivity index (χ1v) is 5.74. The highest BCUT2D eigenvalue weighted by molar-refractivity contribution is 8.14. The van der Waals surface area contributed by atoms with E-state index in [1.165, 1.54) is 11.8 Å². The summed E-state index contributed by atoms with van der Waals surface area (Å²) in [5, 5.41) is 15.1. The molecule has 0 fully saturated rings. The fraction of sp³-hybridized carbons (Fsp3) is 0.600. The number of amides is 1. The average molecular weight is 230 g/mol. The molecule has 4 nitrogen and oxygen atoms in total. The van der Waals surface area contributed by atoms with Crippen molar-refractivity contribution in [2.75, 3.05) is 12.8 Å². The highest BCUT2D eigenvalue weighted by atomic mass is 32.2. The molecule has 0 heterocycles. The van der Waals surface area contributed by atoms with Crippen LogP contribution in [0.5, 0.6) is 0 Å². The Morgan fingerprint density at radius 2 is 2.27 bits per heavy atom. The number of hydrogen-bond acceptors (Lipinski definition) is 4. The van der Waals surface area contributed by atoms with Crippen molar-refractivity contribution in [1.82, 2.24) is 5.32 Å². The summed E-state index contributed by atoms with van der Waals surface area (Å²) in [4.78, 5) is 11.6. The predicted molar refractivity (Wildman–Crippen MR) is 64.3 cm³/mol. The van der Waals surface area contributed by atoms with Gasteiger partial charge >= 0.3 is 0 Å². The molecule has 0 spiro atoms. The van der Waals surface area contributed by atoms with Crippen LogP contribution in [0.1, 0.15) is 13.8 Å². The Labute approximate surface area is 94.8 Å². The molecule has 2 N–H and O–H groups in total. The molecule has 0 aliphatic heterocycles. The van der Waals surface area contributed by atoms with Crippen molar-refractivity contribution in [2.45, 2.75) is 13.8 Å². The first-order valence-electron chi connectivity index (χ1n) is 4.75. The van der Waals surface area contributed by atoms with Gasteiger partial charge in [-0.15, -0.1) is 18.3 Å². The van der Waals surface area contributed by atoms with Crippen LogP contribution in [0.4, 0.5) is 0 Å². The molecule has 0 aliphatic carbocycles. The Hall–Kier alpha value is -0.970. The lowest BCUT2D eigenvalue weighted by Gasteiger charge is -2.19. The second-order valence-corrected chi connectivity index (χ2v) is 4.41. The molecule has 0 saturated heterocycles. The molecular formula is C10H18N2O2S. The molecule has 0 aliphatic rings. The van der Waals surface area contributed by atoms with Crippen LogP contribution in [-0.4, -0.2) is 29.0 Å². The maximum atomic E-state index is 11.6. The van der Waals surface area contributed by atoms with Crippen molar-refractivity contribution in [3.8, 4) is 0 Å². The number of carbonyl (C=O) groups is 1. The van der Waals surface area contributed by atoms with Gasteiger partial charge < -0.3 is 10.5 Å². The molecule has 0 bridgehead atoms. The molecule has 5 heteroatoms. The van der Waals surface area contributed by atoms with Gasteiger partial charge in [0.05, 0.1) is 5.92 Å². The average Bonchev–Trinajstić information content (AvgIpc) is 2.22. The molecule has 1 atom stereocenters. The van der Waals surface area contributed by atoms with Crippen LogP contribution in [0.15, 0.2) is 17.8 Å². The monoisotopic (exact) mass is 230 g/mol. The summed E-state index contributed by atoms with van der Waals surface area (Å²) in [6, 6.07) is 0. The topological polar surface area (TPSA) is 61.7 Å². The molecule has 0 radical (unpaired) electrons. The minimum absolute atomic E-state index is 0.0909. The fourth-order valence-corrected chi connectivity index (χ4v) is 2.09. The second kappa shape index (κ2) is 7.34. The molecule has 15 heavy (non-hydrogen) atoms. The van der Waals surface area contributed by atoms with Crippen LogP contribution in [0.3, 0.4) is 0 Å². The van der Waals surface area contributed by atoms with E-state index < -0.39 is 5.92 Å². The number of carbonyl (C=O) groups excluding carboxylic acids is 1. The number of hydrogen-bond donors (Lipinski definition) is 2. The van der Waals surface area contributed by atoms with E-state index in [4.69, 9.17) is 5.21 Å². The minimum Gasteiger partial charge on any atom is -0.410 e. The first-order chi connectivity index (χ1) is 7.08. The zero-order valence-corrected chi connectivity index (χ0v) is 10.2. The highest BCUT2D eigenvalue weighted by Crippen LogP contribution is 2.21. The third-order valence-electron chi connectivity index (χ3n) is 1.91. The van der Waals surface area contributed by atoms with Gasteiger partial charge in [0, 0.05) is 12.8 Å². The van der Waals surface area contributed by atoms with Crippen molar-refractivity contribution >= 4 is 22.7 Å². The summed E-state index contributed by atoms with van der Waals surface area (Å²) in [7, 11) is 1.57. The Balaban J connectivity index is 4.71. The fourth-order valence-electron chi connectivity index (χ4n) is 1.18. The van der Waals surface area contributed by atoms with Gasteiger partial charge in [0.25, 0.3) is 0 Å². The van der Waals surface area contributed by atoms with E-state index in [0.717, 1.165) is 0 Å². The Morgan fingerprint density at radius 1 is 1.67 bits per heavy atom. The van der Waals surface area contributed by atoms with E-state index >= 15 is 0 Å². The Morgan fingerprint density at radius 3 is 2.60 bits per heavy atom. The van der Waals surface area contributed by atoms with E-state index in [1.54, 1.807) is 13.1 Å². The van der Waals surface area contributed by atoms with Gasteiger partial charge in [0.1, 0.15) is 5.04 Å². The molecule has 86 valence electrons. The number of nitrogens with zero attached hydrogens (tertiary/aromatic N) is 1. The number of nitrogens with one attached hydrogen (secondary N) is 1. The van der Waals surface area contributed by atoms with Crippen LogP contribution < -0.4 is 5.32 Å². The maximum Gasteiger partial charge on any atom is 0.229 e. The summed E-state index contributed by atoms with van der Waals surface area (Å²) < 4.78 is 0. The van der Waals surface area contributed by atoms with Crippen molar-refractivity contribution in [2.24, 2.45) is 17.0 Å². The lowest BCUT2D eigenvalue weighted by atomic mass is 9.96. The Bertz CT molecular complexity index is 252. The van der Waals surface area contributed by atoms with Crippen molar-refractivity contribution < 1.29 is 10.0 Å². The number of oxime groups is 1. The summed E-state index contributed by atoms with van der Waals surface area (Å²) in [5.74, 6) is 0.187. The van der Waals surface area contributed by atoms with Crippen molar-refractivity contribution in [3.63, 3.8) is 0 Å². The molecule has 0 aromatic carbocycles. The molecule has 0 aromatic heterocycles. The van der Waals surface area contributed by atoms with Gasteiger partial charge in [-0.1, -0.05) is 25.1 Å². The second-order valence-electron chi connectivity index (χ2n) is 3.37. The van der Waals surface area contributed by atoms with Gasteiger partial charge in [0.2, 0.25) is 5.91 Å². The van der Waals surface area contributed by atoms with E-state index in [9.17, 15) is 4.79 Å². The lowest BCUT2D eigenvalue weighted by Crippen LogP contribution is -2.35. The third kappa shape index (κ3) is 4.38. The third-order valence-corrected chi connectivity index (χ3v) is 2.94. The number of thioether (sulfide) groups is 1. The van der Waals surface area contributed by atoms with Crippen LogP contribution in [0.2, 0.25) is 0 Å². The predicted octanol–water partition coefficient (Wildman–Crippen LogP) is 1.71. The lowest BCUT2D eigenvalue weighted by molar-refractivity contribution is -0.123. The molecule has 0 rings (SSSR count). The van der Waals surface area contributed by atoms with Gasteiger partial charge in [-0.25, -0.2) is 0 Å². The van der Waals surface area contributed by atoms with Gasteiger partial charge in [-0.05, 0) is 5.92 Å². The van der Waals surface area contributed by atoms with Gasteiger partial charge in [-0.3, -0.25) is 4.79 Å². The molecule has 1 unspecified atom stereocenters. The van der Waals surface area contributed by atoms with Crippen LogP contribution in [0, 0.1) is 11.8 Å². The van der Waals surface area contributed by atoms with Crippen molar-refractivity contribution in [3.05, 3.63) is 12.7 Å². The Kier molecular flexibility index (Phi) is 6.86.